The van der Waals surface area contributed by atoms with Crippen molar-refractivity contribution in [2.24, 2.45) is 0 Å². The SMILES string of the molecule is COc1cc(OC)c(CN2CCNC(C)C2)c(OC)c1. The van der Waals surface area contributed by atoms with Gasteiger partial charge in [-0.15, -0.1) is 0 Å². The molecule has 5 nitrogen and oxygen atoms in total. The zero-order valence-corrected chi connectivity index (χ0v) is 12.7. The normalized spacial score (nSPS) is 19.7. The molecule has 1 aliphatic heterocycles. The Morgan fingerprint density at radius 1 is 1.15 bits per heavy atom. The van der Waals surface area contributed by atoms with E-state index in [0.29, 0.717) is 6.04 Å². The molecule has 1 aliphatic rings. The summed E-state index contributed by atoms with van der Waals surface area (Å²) in [4.78, 5) is 2.41. The van der Waals surface area contributed by atoms with E-state index in [4.69, 9.17) is 14.2 Å². The molecular weight excluding hydrogens is 256 g/mol. The Morgan fingerprint density at radius 3 is 2.30 bits per heavy atom. The minimum atomic E-state index is 0.513. The molecule has 0 aromatic heterocycles. The molecule has 1 N–H and O–H groups in total. The molecular formula is C15H24N2O3. The Morgan fingerprint density at radius 2 is 1.80 bits per heavy atom. The van der Waals surface area contributed by atoms with Crippen LogP contribution in [0.1, 0.15) is 12.5 Å². The Kier molecular flexibility index (Phi) is 5.09. The number of nitrogens with one attached hydrogen (secondary N) is 1. The van der Waals surface area contributed by atoms with Crippen molar-refractivity contribution in [1.29, 1.82) is 0 Å². The lowest BCUT2D eigenvalue weighted by atomic mass is 10.1. The van der Waals surface area contributed by atoms with Gasteiger partial charge in [0, 0.05) is 44.4 Å². The molecule has 1 aromatic carbocycles. The number of hydrogen-bond acceptors (Lipinski definition) is 5. The van der Waals surface area contributed by atoms with Crippen LogP contribution in [0.25, 0.3) is 0 Å². The molecule has 0 radical (unpaired) electrons. The van der Waals surface area contributed by atoms with E-state index < -0.39 is 0 Å². The molecule has 0 amide bonds. The first-order chi connectivity index (χ1) is 9.67. The predicted octanol–water partition coefficient (Wildman–Crippen LogP) is 1.51. The minimum Gasteiger partial charge on any atom is -0.496 e. The fraction of sp³-hybridized carbons (Fsp3) is 0.600. The summed E-state index contributed by atoms with van der Waals surface area (Å²) < 4.78 is 16.3. The number of hydrogen-bond donors (Lipinski definition) is 1. The highest BCUT2D eigenvalue weighted by Gasteiger charge is 2.20. The predicted molar refractivity (Wildman–Crippen MR) is 78.8 cm³/mol. The third-order valence-corrected chi connectivity index (χ3v) is 3.65. The molecule has 1 aromatic rings. The highest BCUT2D eigenvalue weighted by atomic mass is 16.5. The van der Waals surface area contributed by atoms with Crippen molar-refractivity contribution in [3.8, 4) is 17.2 Å². The minimum absolute atomic E-state index is 0.513. The summed E-state index contributed by atoms with van der Waals surface area (Å²) in [5, 5.41) is 3.45. The van der Waals surface area contributed by atoms with Crippen LogP contribution in [-0.2, 0) is 6.54 Å². The third kappa shape index (κ3) is 3.35. The maximum absolute atomic E-state index is 5.50. The van der Waals surface area contributed by atoms with Crippen LogP contribution in [0, 0.1) is 0 Å². The van der Waals surface area contributed by atoms with Crippen molar-refractivity contribution in [3.05, 3.63) is 17.7 Å². The van der Waals surface area contributed by atoms with Crippen LogP contribution in [0.4, 0.5) is 0 Å². The first-order valence-corrected chi connectivity index (χ1v) is 6.92. The molecule has 0 aliphatic carbocycles. The largest absolute Gasteiger partial charge is 0.496 e. The van der Waals surface area contributed by atoms with E-state index in [-0.39, 0.29) is 0 Å². The average molecular weight is 280 g/mol. The van der Waals surface area contributed by atoms with Crippen molar-refractivity contribution < 1.29 is 14.2 Å². The molecule has 1 unspecified atom stereocenters. The number of ether oxygens (including phenoxy) is 3. The molecule has 5 heteroatoms. The number of rotatable bonds is 5. The van der Waals surface area contributed by atoms with Gasteiger partial charge in [-0.05, 0) is 6.92 Å². The topological polar surface area (TPSA) is 43.0 Å². The summed E-state index contributed by atoms with van der Waals surface area (Å²) in [6.07, 6.45) is 0. The van der Waals surface area contributed by atoms with Crippen LogP contribution in [-0.4, -0.2) is 51.9 Å². The highest BCUT2D eigenvalue weighted by Crippen LogP contribution is 2.35. The average Bonchev–Trinajstić information content (AvgIpc) is 2.47. The van der Waals surface area contributed by atoms with Gasteiger partial charge in [0.2, 0.25) is 0 Å². The molecule has 1 saturated heterocycles. The van der Waals surface area contributed by atoms with E-state index in [9.17, 15) is 0 Å². The van der Waals surface area contributed by atoms with Crippen LogP contribution in [0.3, 0.4) is 0 Å². The van der Waals surface area contributed by atoms with Crippen molar-refractivity contribution in [3.63, 3.8) is 0 Å². The van der Waals surface area contributed by atoms with Gasteiger partial charge in [0.15, 0.2) is 0 Å². The molecule has 112 valence electrons. The molecule has 0 saturated carbocycles. The van der Waals surface area contributed by atoms with Crippen LogP contribution in [0.2, 0.25) is 0 Å². The Bertz CT molecular complexity index is 426. The van der Waals surface area contributed by atoms with Crippen molar-refractivity contribution in [2.75, 3.05) is 41.0 Å². The van der Waals surface area contributed by atoms with E-state index in [1.165, 1.54) is 0 Å². The summed E-state index contributed by atoms with van der Waals surface area (Å²) in [7, 11) is 5.00. The second-order valence-electron chi connectivity index (χ2n) is 5.10. The number of piperazine rings is 1. The standard InChI is InChI=1S/C15H24N2O3/c1-11-9-17(6-5-16-11)10-13-14(19-3)7-12(18-2)8-15(13)20-4/h7-8,11,16H,5-6,9-10H2,1-4H3. The lowest BCUT2D eigenvalue weighted by molar-refractivity contribution is 0.195. The lowest BCUT2D eigenvalue weighted by Crippen LogP contribution is -2.48. The van der Waals surface area contributed by atoms with Gasteiger partial charge in [0.05, 0.1) is 26.9 Å². The first kappa shape index (κ1) is 14.9. The van der Waals surface area contributed by atoms with Gasteiger partial charge in [0.25, 0.3) is 0 Å². The molecule has 20 heavy (non-hydrogen) atoms. The van der Waals surface area contributed by atoms with E-state index in [1.807, 2.05) is 12.1 Å². The Labute approximate surface area is 120 Å². The maximum Gasteiger partial charge on any atom is 0.130 e. The highest BCUT2D eigenvalue weighted by molar-refractivity contribution is 5.50. The first-order valence-electron chi connectivity index (χ1n) is 6.92. The van der Waals surface area contributed by atoms with Crippen LogP contribution >= 0.6 is 0 Å². The molecule has 0 spiro atoms. The molecule has 2 rings (SSSR count). The van der Waals surface area contributed by atoms with E-state index in [2.05, 4.69) is 17.1 Å². The van der Waals surface area contributed by atoms with Crippen molar-refractivity contribution in [1.82, 2.24) is 10.2 Å². The summed E-state index contributed by atoms with van der Waals surface area (Å²) >= 11 is 0. The third-order valence-electron chi connectivity index (χ3n) is 3.65. The van der Waals surface area contributed by atoms with Crippen molar-refractivity contribution >= 4 is 0 Å². The van der Waals surface area contributed by atoms with Gasteiger partial charge in [-0.25, -0.2) is 0 Å². The van der Waals surface area contributed by atoms with E-state index in [0.717, 1.165) is 49.0 Å². The quantitative estimate of drug-likeness (QED) is 0.885. The monoisotopic (exact) mass is 280 g/mol. The Balaban J connectivity index is 2.24. The van der Waals surface area contributed by atoms with Gasteiger partial charge < -0.3 is 19.5 Å². The van der Waals surface area contributed by atoms with E-state index >= 15 is 0 Å². The van der Waals surface area contributed by atoms with Gasteiger partial charge in [0.1, 0.15) is 17.2 Å². The lowest BCUT2D eigenvalue weighted by Gasteiger charge is -2.32. The van der Waals surface area contributed by atoms with Crippen LogP contribution in [0.5, 0.6) is 17.2 Å². The number of benzene rings is 1. The summed E-state index contributed by atoms with van der Waals surface area (Å²) in [5.41, 5.74) is 1.07. The Hall–Kier alpha value is -1.46. The molecule has 1 fully saturated rings. The van der Waals surface area contributed by atoms with Gasteiger partial charge in [-0.2, -0.15) is 0 Å². The molecule has 0 bridgehead atoms. The van der Waals surface area contributed by atoms with Crippen LogP contribution < -0.4 is 19.5 Å². The maximum atomic E-state index is 5.50. The van der Waals surface area contributed by atoms with Crippen LogP contribution in [0.15, 0.2) is 12.1 Å². The van der Waals surface area contributed by atoms with Gasteiger partial charge >= 0.3 is 0 Å². The smallest absolute Gasteiger partial charge is 0.130 e. The van der Waals surface area contributed by atoms with E-state index in [1.54, 1.807) is 21.3 Å². The fourth-order valence-electron chi connectivity index (χ4n) is 2.61. The number of nitrogens with zero attached hydrogens (tertiary/aromatic N) is 1. The summed E-state index contributed by atoms with van der Waals surface area (Å²) in [6.45, 7) is 6.10. The van der Waals surface area contributed by atoms with Gasteiger partial charge in [-0.3, -0.25) is 4.90 Å². The summed E-state index contributed by atoms with van der Waals surface area (Å²) in [5.74, 6) is 2.37. The zero-order valence-electron chi connectivity index (χ0n) is 12.7. The molecule has 1 atom stereocenters. The second-order valence-corrected chi connectivity index (χ2v) is 5.10. The fourth-order valence-corrected chi connectivity index (χ4v) is 2.61. The van der Waals surface area contributed by atoms with Gasteiger partial charge in [-0.1, -0.05) is 0 Å². The second kappa shape index (κ2) is 6.81. The summed E-state index contributed by atoms with van der Waals surface area (Å²) in [6, 6.07) is 4.33. The number of methoxy groups -OCH3 is 3. The van der Waals surface area contributed by atoms with Crippen molar-refractivity contribution in [2.45, 2.75) is 19.5 Å². The molecule has 1 heterocycles. The zero-order chi connectivity index (χ0) is 14.5.